The minimum atomic E-state index is -0.113. The molecule has 0 saturated carbocycles. The Morgan fingerprint density at radius 2 is 1.77 bits per heavy atom. The lowest BCUT2D eigenvalue weighted by atomic mass is 10.2. The number of carbonyl (C=O) groups is 2. The van der Waals surface area contributed by atoms with E-state index in [1.165, 1.54) is 23.1 Å². The number of aryl methyl sites for hydroxylation is 1. The molecule has 3 aromatic rings. The molecule has 26 heavy (non-hydrogen) atoms. The molecule has 0 aliphatic rings. The van der Waals surface area contributed by atoms with Gasteiger partial charge in [0.05, 0.1) is 10.6 Å². The van der Waals surface area contributed by atoms with Crippen molar-refractivity contribution >= 4 is 46.3 Å². The molecule has 0 aliphatic heterocycles. The Bertz CT molecular complexity index is 890. The van der Waals surface area contributed by atoms with E-state index < -0.39 is 0 Å². The molecule has 0 unspecified atom stereocenters. The second kappa shape index (κ2) is 8.69. The third kappa shape index (κ3) is 5.21. The minimum absolute atomic E-state index is 0.0457. The Kier molecular flexibility index (Phi) is 6.09. The average molecular weight is 383 g/mol. The molecule has 1 aromatic heterocycles. The minimum Gasteiger partial charge on any atom is -0.325 e. The van der Waals surface area contributed by atoms with Crippen LogP contribution >= 0.6 is 23.1 Å². The third-order valence-corrected chi connectivity index (χ3v) is 5.41. The predicted octanol–water partition coefficient (Wildman–Crippen LogP) is 5.04. The smallest absolute Gasteiger partial charge is 0.265 e. The quantitative estimate of drug-likeness (QED) is 0.587. The van der Waals surface area contributed by atoms with Crippen LogP contribution in [0, 0.1) is 6.92 Å². The number of amides is 2. The van der Waals surface area contributed by atoms with Gasteiger partial charge in [0, 0.05) is 16.3 Å². The molecule has 0 bridgehead atoms. The topological polar surface area (TPSA) is 58.2 Å². The van der Waals surface area contributed by atoms with Crippen molar-refractivity contribution in [3.63, 3.8) is 0 Å². The van der Waals surface area contributed by atoms with Gasteiger partial charge in [-0.05, 0) is 60.3 Å². The van der Waals surface area contributed by atoms with Gasteiger partial charge in [0.15, 0.2) is 0 Å². The molecule has 132 valence electrons. The maximum atomic E-state index is 12.1. The number of hydrogen-bond donors (Lipinski definition) is 2. The summed E-state index contributed by atoms with van der Waals surface area (Å²) in [5.74, 6) is 0.170. The Morgan fingerprint density at radius 3 is 2.46 bits per heavy atom. The van der Waals surface area contributed by atoms with Gasteiger partial charge in [-0.3, -0.25) is 9.59 Å². The average Bonchev–Trinajstić information content (AvgIpc) is 3.16. The van der Waals surface area contributed by atoms with E-state index in [2.05, 4.69) is 10.6 Å². The number of hydrogen-bond acceptors (Lipinski definition) is 4. The number of benzene rings is 2. The summed E-state index contributed by atoms with van der Waals surface area (Å²) < 4.78 is 0. The lowest BCUT2D eigenvalue weighted by Crippen LogP contribution is -2.14. The fourth-order valence-electron chi connectivity index (χ4n) is 2.30. The van der Waals surface area contributed by atoms with E-state index in [-0.39, 0.29) is 11.8 Å². The molecule has 0 saturated heterocycles. The molecule has 2 amide bonds. The number of thiophene rings is 1. The van der Waals surface area contributed by atoms with E-state index in [9.17, 15) is 9.59 Å². The molecular formula is C20H18N2O2S2. The van der Waals surface area contributed by atoms with Crippen molar-refractivity contribution in [3.05, 3.63) is 76.5 Å². The van der Waals surface area contributed by atoms with Crippen LogP contribution in [-0.4, -0.2) is 17.6 Å². The van der Waals surface area contributed by atoms with Crippen molar-refractivity contribution in [2.75, 3.05) is 16.4 Å². The molecule has 3 rings (SSSR count). The first-order chi connectivity index (χ1) is 12.6. The zero-order valence-electron chi connectivity index (χ0n) is 14.2. The van der Waals surface area contributed by atoms with Crippen LogP contribution in [0.2, 0.25) is 0 Å². The fourth-order valence-corrected chi connectivity index (χ4v) is 3.62. The second-order valence-corrected chi connectivity index (χ2v) is 7.66. The van der Waals surface area contributed by atoms with Crippen LogP contribution in [0.4, 0.5) is 11.4 Å². The van der Waals surface area contributed by atoms with Crippen LogP contribution in [0.5, 0.6) is 0 Å². The lowest BCUT2D eigenvalue weighted by Gasteiger charge is -2.07. The van der Waals surface area contributed by atoms with Crippen molar-refractivity contribution < 1.29 is 9.59 Å². The van der Waals surface area contributed by atoms with Crippen LogP contribution in [0.15, 0.2) is 70.9 Å². The van der Waals surface area contributed by atoms with Crippen LogP contribution in [-0.2, 0) is 4.79 Å². The SMILES string of the molecule is Cc1cccc(NC(=O)CSc2ccc(NC(=O)c3cccs3)cc2)c1. The number of nitrogens with one attached hydrogen (secondary N) is 2. The Hall–Kier alpha value is -2.57. The molecule has 0 aliphatic carbocycles. The van der Waals surface area contributed by atoms with Gasteiger partial charge >= 0.3 is 0 Å². The molecular weight excluding hydrogens is 364 g/mol. The van der Waals surface area contributed by atoms with Gasteiger partial charge in [0.1, 0.15) is 0 Å². The Balaban J connectivity index is 1.49. The summed E-state index contributed by atoms with van der Waals surface area (Å²) in [6.07, 6.45) is 0. The standard InChI is InChI=1S/C20H18N2O2S2/c1-14-4-2-5-16(12-14)21-19(23)13-26-17-9-7-15(8-10-17)22-20(24)18-6-3-11-25-18/h2-12H,13H2,1H3,(H,21,23)(H,22,24). The van der Waals surface area contributed by atoms with Crippen LogP contribution in [0.25, 0.3) is 0 Å². The highest BCUT2D eigenvalue weighted by Crippen LogP contribution is 2.21. The van der Waals surface area contributed by atoms with Crippen molar-refractivity contribution in [1.82, 2.24) is 0 Å². The summed E-state index contributed by atoms with van der Waals surface area (Å²) in [7, 11) is 0. The van der Waals surface area contributed by atoms with E-state index in [4.69, 9.17) is 0 Å². The van der Waals surface area contributed by atoms with E-state index >= 15 is 0 Å². The molecule has 4 nitrogen and oxygen atoms in total. The lowest BCUT2D eigenvalue weighted by molar-refractivity contribution is -0.113. The van der Waals surface area contributed by atoms with E-state index in [0.717, 1.165) is 21.8 Å². The van der Waals surface area contributed by atoms with Gasteiger partial charge in [0.25, 0.3) is 5.91 Å². The van der Waals surface area contributed by atoms with E-state index in [1.54, 1.807) is 6.07 Å². The normalized spacial score (nSPS) is 10.3. The molecule has 0 radical (unpaired) electrons. The zero-order valence-corrected chi connectivity index (χ0v) is 15.8. The van der Waals surface area contributed by atoms with Gasteiger partial charge < -0.3 is 10.6 Å². The fraction of sp³-hybridized carbons (Fsp3) is 0.100. The van der Waals surface area contributed by atoms with Crippen molar-refractivity contribution in [1.29, 1.82) is 0 Å². The zero-order chi connectivity index (χ0) is 18.4. The van der Waals surface area contributed by atoms with E-state index in [1.807, 2.05) is 66.9 Å². The molecule has 6 heteroatoms. The maximum absolute atomic E-state index is 12.1. The van der Waals surface area contributed by atoms with Crippen LogP contribution < -0.4 is 10.6 Å². The first-order valence-corrected chi connectivity index (χ1v) is 9.91. The van der Waals surface area contributed by atoms with Gasteiger partial charge in [-0.2, -0.15) is 0 Å². The maximum Gasteiger partial charge on any atom is 0.265 e. The highest BCUT2D eigenvalue weighted by atomic mass is 32.2. The summed E-state index contributed by atoms with van der Waals surface area (Å²) in [4.78, 5) is 25.7. The summed E-state index contributed by atoms with van der Waals surface area (Å²) in [5, 5.41) is 7.62. The number of carbonyl (C=O) groups excluding carboxylic acids is 2. The summed E-state index contributed by atoms with van der Waals surface area (Å²) >= 11 is 2.86. The first-order valence-electron chi connectivity index (χ1n) is 8.04. The van der Waals surface area contributed by atoms with E-state index in [0.29, 0.717) is 10.6 Å². The number of anilines is 2. The molecule has 0 spiro atoms. The Morgan fingerprint density at radius 1 is 0.962 bits per heavy atom. The van der Waals surface area contributed by atoms with Crippen molar-refractivity contribution in [2.45, 2.75) is 11.8 Å². The molecule has 0 fully saturated rings. The molecule has 2 aromatic carbocycles. The Labute approximate surface area is 160 Å². The number of rotatable bonds is 6. The first kappa shape index (κ1) is 18.2. The molecule has 0 atom stereocenters. The number of thioether (sulfide) groups is 1. The highest BCUT2D eigenvalue weighted by molar-refractivity contribution is 8.00. The van der Waals surface area contributed by atoms with Crippen LogP contribution in [0.3, 0.4) is 0 Å². The monoisotopic (exact) mass is 382 g/mol. The largest absolute Gasteiger partial charge is 0.325 e. The third-order valence-electron chi connectivity index (χ3n) is 3.53. The molecule has 1 heterocycles. The van der Waals surface area contributed by atoms with Gasteiger partial charge in [-0.1, -0.05) is 18.2 Å². The second-order valence-electron chi connectivity index (χ2n) is 5.66. The molecule has 2 N–H and O–H groups in total. The van der Waals surface area contributed by atoms with Gasteiger partial charge in [0.2, 0.25) is 5.91 Å². The highest BCUT2D eigenvalue weighted by Gasteiger charge is 2.07. The van der Waals surface area contributed by atoms with Crippen LogP contribution in [0.1, 0.15) is 15.2 Å². The van der Waals surface area contributed by atoms with Gasteiger partial charge in [-0.25, -0.2) is 0 Å². The van der Waals surface area contributed by atoms with Crippen molar-refractivity contribution in [3.8, 4) is 0 Å². The summed E-state index contributed by atoms with van der Waals surface area (Å²) in [5.41, 5.74) is 2.65. The predicted molar refractivity (Wildman–Crippen MR) is 109 cm³/mol. The summed E-state index contributed by atoms with van der Waals surface area (Å²) in [6.45, 7) is 1.99. The van der Waals surface area contributed by atoms with Gasteiger partial charge in [-0.15, -0.1) is 23.1 Å². The summed E-state index contributed by atoms with van der Waals surface area (Å²) in [6, 6.07) is 18.8. The van der Waals surface area contributed by atoms with Crippen molar-refractivity contribution in [2.24, 2.45) is 0 Å².